The molecule has 1 N–H and O–H groups in total. The Morgan fingerprint density at radius 2 is 2.29 bits per heavy atom. The van der Waals surface area contributed by atoms with Gasteiger partial charge in [-0.1, -0.05) is 30.1 Å². The maximum atomic E-state index is 6.15. The summed E-state index contributed by atoms with van der Waals surface area (Å²) in [5.41, 5.74) is 0.716. The van der Waals surface area contributed by atoms with E-state index in [0.29, 0.717) is 15.7 Å². The first-order chi connectivity index (χ1) is 8.22. The molecule has 0 bridgehead atoms. The van der Waals surface area contributed by atoms with Crippen molar-refractivity contribution in [2.75, 3.05) is 6.54 Å². The first kappa shape index (κ1) is 12.4. The van der Waals surface area contributed by atoms with Crippen LogP contribution in [0.1, 0.15) is 24.4 Å². The van der Waals surface area contributed by atoms with Crippen LogP contribution in [0.15, 0.2) is 35.1 Å². The highest BCUT2D eigenvalue weighted by Crippen LogP contribution is 2.28. The van der Waals surface area contributed by atoms with Crippen molar-refractivity contribution < 1.29 is 4.42 Å². The van der Waals surface area contributed by atoms with Crippen LogP contribution in [0, 0.1) is 0 Å². The van der Waals surface area contributed by atoms with Crippen LogP contribution in [0.2, 0.25) is 10.0 Å². The molecule has 2 heterocycles. The molecular weight excluding hydrogens is 259 g/mol. The van der Waals surface area contributed by atoms with Crippen molar-refractivity contribution in [3.8, 4) is 0 Å². The largest absolute Gasteiger partial charge is 0.467 e. The predicted octanol–water partition coefficient (Wildman–Crippen LogP) is 3.68. The summed E-state index contributed by atoms with van der Waals surface area (Å²) in [6.45, 7) is 2.80. The highest BCUT2D eigenvalue weighted by atomic mass is 35.5. The lowest BCUT2D eigenvalue weighted by Crippen LogP contribution is -2.22. The van der Waals surface area contributed by atoms with Crippen molar-refractivity contribution in [1.29, 1.82) is 0 Å². The zero-order valence-electron chi connectivity index (χ0n) is 9.28. The van der Waals surface area contributed by atoms with Crippen LogP contribution in [0.4, 0.5) is 0 Å². The van der Waals surface area contributed by atoms with Crippen molar-refractivity contribution in [3.63, 3.8) is 0 Å². The van der Waals surface area contributed by atoms with Crippen molar-refractivity contribution in [2.45, 2.75) is 13.0 Å². The molecule has 1 atom stereocenters. The Kier molecular flexibility index (Phi) is 4.05. The van der Waals surface area contributed by atoms with Crippen LogP contribution in [0.25, 0.3) is 0 Å². The topological polar surface area (TPSA) is 38.1 Å². The van der Waals surface area contributed by atoms with Gasteiger partial charge in [0.1, 0.15) is 11.8 Å². The minimum atomic E-state index is -0.153. The van der Waals surface area contributed by atoms with Gasteiger partial charge < -0.3 is 9.73 Å². The molecule has 3 nitrogen and oxygen atoms in total. The van der Waals surface area contributed by atoms with Gasteiger partial charge >= 0.3 is 0 Å². The van der Waals surface area contributed by atoms with Crippen molar-refractivity contribution >= 4 is 23.2 Å². The van der Waals surface area contributed by atoms with Gasteiger partial charge in [-0.3, -0.25) is 4.98 Å². The zero-order valence-corrected chi connectivity index (χ0v) is 10.8. The Balaban J connectivity index is 2.39. The van der Waals surface area contributed by atoms with E-state index in [9.17, 15) is 0 Å². The second-order valence-electron chi connectivity index (χ2n) is 3.53. The van der Waals surface area contributed by atoms with Crippen molar-refractivity contribution in [2.24, 2.45) is 0 Å². The average molecular weight is 271 g/mol. The maximum Gasteiger partial charge on any atom is 0.126 e. The van der Waals surface area contributed by atoms with Gasteiger partial charge in [0.05, 0.1) is 22.0 Å². The zero-order chi connectivity index (χ0) is 12.3. The van der Waals surface area contributed by atoms with Gasteiger partial charge in [0, 0.05) is 6.20 Å². The number of furan rings is 1. The molecule has 0 fully saturated rings. The standard InChI is InChI=1S/C12H12Cl2N2O/c1-2-15-12(10-4-3-5-17-10)11-9(14)6-8(13)7-16-11/h3-7,12,15H,2H2,1H3. The van der Waals surface area contributed by atoms with E-state index in [0.717, 1.165) is 12.3 Å². The number of aromatic nitrogens is 1. The first-order valence-corrected chi connectivity index (χ1v) is 6.05. The summed E-state index contributed by atoms with van der Waals surface area (Å²) in [5.74, 6) is 0.781. The van der Waals surface area contributed by atoms with E-state index in [1.807, 2.05) is 19.1 Å². The van der Waals surface area contributed by atoms with E-state index in [2.05, 4.69) is 10.3 Å². The summed E-state index contributed by atoms with van der Waals surface area (Å²) in [6.07, 6.45) is 3.21. The third-order valence-electron chi connectivity index (χ3n) is 2.35. The second-order valence-corrected chi connectivity index (χ2v) is 4.37. The highest BCUT2D eigenvalue weighted by Gasteiger charge is 2.20. The summed E-state index contributed by atoms with van der Waals surface area (Å²) >= 11 is 12.0. The SMILES string of the molecule is CCNC(c1ccco1)c1ncc(Cl)cc1Cl. The van der Waals surface area contributed by atoms with E-state index in [1.165, 1.54) is 0 Å². The molecule has 0 radical (unpaired) electrons. The van der Waals surface area contributed by atoms with Gasteiger partial charge in [0.2, 0.25) is 0 Å². The van der Waals surface area contributed by atoms with E-state index in [1.54, 1.807) is 18.5 Å². The minimum Gasteiger partial charge on any atom is -0.467 e. The molecule has 2 aromatic heterocycles. The fraction of sp³-hybridized carbons (Fsp3) is 0.250. The van der Waals surface area contributed by atoms with Crippen LogP contribution in [0.3, 0.4) is 0 Å². The monoisotopic (exact) mass is 270 g/mol. The van der Waals surface area contributed by atoms with Gasteiger partial charge in [0.15, 0.2) is 0 Å². The Hall–Kier alpha value is -1.03. The van der Waals surface area contributed by atoms with Gasteiger partial charge in [-0.05, 0) is 24.7 Å². The number of nitrogens with one attached hydrogen (secondary N) is 1. The van der Waals surface area contributed by atoms with Gasteiger partial charge in [-0.25, -0.2) is 0 Å². The number of rotatable bonds is 4. The van der Waals surface area contributed by atoms with E-state index < -0.39 is 0 Å². The Bertz CT molecular complexity index is 485. The fourth-order valence-corrected chi connectivity index (χ4v) is 2.12. The van der Waals surface area contributed by atoms with Crippen LogP contribution in [0.5, 0.6) is 0 Å². The highest BCUT2D eigenvalue weighted by molar-refractivity contribution is 6.34. The van der Waals surface area contributed by atoms with Crippen LogP contribution >= 0.6 is 23.2 Å². The molecule has 2 aromatic rings. The lowest BCUT2D eigenvalue weighted by Gasteiger charge is -2.16. The molecule has 17 heavy (non-hydrogen) atoms. The third kappa shape index (κ3) is 2.80. The molecule has 0 amide bonds. The number of hydrogen-bond acceptors (Lipinski definition) is 3. The molecule has 5 heteroatoms. The Morgan fingerprint density at radius 1 is 1.47 bits per heavy atom. The number of halogens is 2. The predicted molar refractivity (Wildman–Crippen MR) is 68.5 cm³/mol. The average Bonchev–Trinajstić information content (AvgIpc) is 2.80. The molecule has 0 aromatic carbocycles. The molecule has 2 rings (SSSR count). The van der Waals surface area contributed by atoms with Gasteiger partial charge in [-0.2, -0.15) is 0 Å². The normalized spacial score (nSPS) is 12.6. The smallest absolute Gasteiger partial charge is 0.126 e. The molecule has 0 aliphatic carbocycles. The van der Waals surface area contributed by atoms with E-state index in [4.69, 9.17) is 27.6 Å². The number of nitrogens with zero attached hydrogens (tertiary/aromatic N) is 1. The molecule has 90 valence electrons. The summed E-state index contributed by atoms with van der Waals surface area (Å²) in [4.78, 5) is 4.27. The summed E-state index contributed by atoms with van der Waals surface area (Å²) in [7, 11) is 0. The molecule has 0 aliphatic rings. The van der Waals surface area contributed by atoms with Crippen LogP contribution in [-0.2, 0) is 0 Å². The Labute approximate surface area is 110 Å². The molecule has 0 spiro atoms. The number of hydrogen-bond donors (Lipinski definition) is 1. The fourth-order valence-electron chi connectivity index (χ4n) is 1.63. The minimum absolute atomic E-state index is 0.153. The van der Waals surface area contributed by atoms with Crippen LogP contribution in [-0.4, -0.2) is 11.5 Å². The van der Waals surface area contributed by atoms with E-state index in [-0.39, 0.29) is 6.04 Å². The van der Waals surface area contributed by atoms with Crippen LogP contribution < -0.4 is 5.32 Å². The summed E-state index contributed by atoms with van der Waals surface area (Å²) in [5, 5.41) is 4.33. The summed E-state index contributed by atoms with van der Waals surface area (Å²) in [6, 6.07) is 5.25. The van der Waals surface area contributed by atoms with E-state index >= 15 is 0 Å². The van der Waals surface area contributed by atoms with Crippen molar-refractivity contribution in [1.82, 2.24) is 10.3 Å². The van der Waals surface area contributed by atoms with Gasteiger partial charge in [-0.15, -0.1) is 0 Å². The Morgan fingerprint density at radius 3 is 2.88 bits per heavy atom. The first-order valence-electron chi connectivity index (χ1n) is 5.30. The number of pyridine rings is 1. The lowest BCUT2D eigenvalue weighted by molar-refractivity contribution is 0.447. The lowest BCUT2D eigenvalue weighted by atomic mass is 10.1. The quantitative estimate of drug-likeness (QED) is 0.921. The molecular formula is C12H12Cl2N2O. The maximum absolute atomic E-state index is 6.15. The molecule has 0 saturated heterocycles. The molecule has 0 saturated carbocycles. The molecule has 1 unspecified atom stereocenters. The third-order valence-corrected chi connectivity index (χ3v) is 2.86. The molecule has 0 aliphatic heterocycles. The second kappa shape index (κ2) is 5.54. The van der Waals surface area contributed by atoms with Gasteiger partial charge in [0.25, 0.3) is 0 Å². The summed E-state index contributed by atoms with van der Waals surface area (Å²) < 4.78 is 5.39. The van der Waals surface area contributed by atoms with Crippen molar-refractivity contribution in [3.05, 3.63) is 52.2 Å².